The highest BCUT2D eigenvalue weighted by Crippen LogP contribution is 2.35. The minimum Gasteiger partial charge on any atom is -0.342 e. The zero-order valence-corrected chi connectivity index (χ0v) is 17.6. The van der Waals surface area contributed by atoms with Crippen molar-refractivity contribution in [2.75, 3.05) is 18.4 Å². The van der Waals surface area contributed by atoms with Gasteiger partial charge in [0.05, 0.1) is 11.3 Å². The number of likely N-dealkylation sites (tertiary alicyclic amines) is 1. The van der Waals surface area contributed by atoms with Crippen LogP contribution < -0.4 is 11.0 Å². The van der Waals surface area contributed by atoms with E-state index in [1.165, 1.54) is 16.7 Å². The third-order valence-electron chi connectivity index (χ3n) is 5.97. The first kappa shape index (κ1) is 22.1. The summed E-state index contributed by atoms with van der Waals surface area (Å²) in [4.78, 5) is 39.0. The fourth-order valence-corrected chi connectivity index (χ4v) is 4.07. The lowest BCUT2D eigenvalue weighted by atomic mass is 9.95. The molecule has 0 bridgehead atoms. The molecule has 11 heteroatoms. The SMILES string of the molecule is Cn1c(C2CCN(C(=O)C3CC3)CC2)nn(CC(=O)Nc2ccccc2C(F)(F)F)c1=O. The molecule has 2 fully saturated rings. The van der Waals surface area contributed by atoms with Gasteiger partial charge in [0.15, 0.2) is 0 Å². The second kappa shape index (κ2) is 8.44. The van der Waals surface area contributed by atoms with Gasteiger partial charge in [-0.2, -0.15) is 18.3 Å². The Morgan fingerprint density at radius 1 is 1.12 bits per heavy atom. The quantitative estimate of drug-likeness (QED) is 0.756. The number of nitrogens with one attached hydrogen (secondary N) is 1. The van der Waals surface area contributed by atoms with Gasteiger partial charge < -0.3 is 10.2 Å². The zero-order chi connectivity index (χ0) is 23.0. The highest BCUT2D eigenvalue weighted by Gasteiger charge is 2.36. The number of benzene rings is 1. The number of alkyl halides is 3. The van der Waals surface area contributed by atoms with E-state index in [1.807, 2.05) is 4.90 Å². The Bertz CT molecular complexity index is 1080. The van der Waals surface area contributed by atoms with Crippen LogP contribution in [0.3, 0.4) is 0 Å². The van der Waals surface area contributed by atoms with Crippen LogP contribution in [0.1, 0.15) is 43.0 Å². The molecule has 8 nitrogen and oxygen atoms in total. The van der Waals surface area contributed by atoms with Crippen molar-refractivity contribution in [3.8, 4) is 0 Å². The molecule has 1 aromatic carbocycles. The van der Waals surface area contributed by atoms with Crippen molar-refractivity contribution in [3.63, 3.8) is 0 Å². The molecule has 2 heterocycles. The van der Waals surface area contributed by atoms with Gasteiger partial charge in [-0.05, 0) is 37.8 Å². The first-order chi connectivity index (χ1) is 15.1. The number of halogens is 3. The predicted molar refractivity (Wildman–Crippen MR) is 109 cm³/mol. The van der Waals surface area contributed by atoms with Crippen molar-refractivity contribution in [1.29, 1.82) is 0 Å². The first-order valence-electron chi connectivity index (χ1n) is 10.5. The Labute approximate surface area is 182 Å². The van der Waals surface area contributed by atoms with E-state index in [4.69, 9.17) is 0 Å². The van der Waals surface area contributed by atoms with Gasteiger partial charge in [0.25, 0.3) is 0 Å². The molecule has 4 rings (SSSR count). The number of carbonyl (C=O) groups is 2. The predicted octanol–water partition coefficient (Wildman–Crippen LogP) is 2.36. The fourth-order valence-electron chi connectivity index (χ4n) is 4.07. The summed E-state index contributed by atoms with van der Waals surface area (Å²) in [6.07, 6.45) is -1.39. The molecule has 0 atom stereocenters. The van der Waals surface area contributed by atoms with Crippen LogP contribution in [0.2, 0.25) is 0 Å². The molecule has 1 N–H and O–H groups in total. The molecule has 0 radical (unpaired) electrons. The standard InChI is InChI=1S/C21H24F3N5O3/c1-27-18(13-8-10-28(11-9-13)19(31)14-6-7-14)26-29(20(27)32)12-17(30)25-16-5-3-2-4-15(16)21(22,23)24/h2-5,13-14H,6-12H2,1H3,(H,25,30). The normalized spacial score (nSPS) is 17.4. The molecule has 32 heavy (non-hydrogen) atoms. The largest absolute Gasteiger partial charge is 0.418 e. The summed E-state index contributed by atoms with van der Waals surface area (Å²) >= 11 is 0. The van der Waals surface area contributed by atoms with Gasteiger partial charge in [-0.15, -0.1) is 0 Å². The lowest BCUT2D eigenvalue weighted by Crippen LogP contribution is -2.39. The third-order valence-corrected chi connectivity index (χ3v) is 5.97. The number of hydrogen-bond acceptors (Lipinski definition) is 4. The Morgan fingerprint density at radius 3 is 2.41 bits per heavy atom. The van der Waals surface area contributed by atoms with Crippen LogP contribution in [0.15, 0.2) is 29.1 Å². The summed E-state index contributed by atoms with van der Waals surface area (Å²) < 4.78 is 41.7. The maximum absolute atomic E-state index is 13.1. The number of nitrogens with zero attached hydrogens (tertiary/aromatic N) is 4. The van der Waals surface area contributed by atoms with Gasteiger partial charge >= 0.3 is 11.9 Å². The van der Waals surface area contributed by atoms with Crippen molar-refractivity contribution in [3.05, 3.63) is 46.1 Å². The van der Waals surface area contributed by atoms with E-state index >= 15 is 0 Å². The summed E-state index contributed by atoms with van der Waals surface area (Å²) in [6, 6.07) is 4.65. The summed E-state index contributed by atoms with van der Waals surface area (Å²) in [7, 11) is 1.56. The van der Waals surface area contributed by atoms with Crippen LogP contribution in [0.25, 0.3) is 0 Å². The number of rotatable bonds is 5. The van der Waals surface area contributed by atoms with Gasteiger partial charge in [-0.25, -0.2) is 9.48 Å². The van der Waals surface area contributed by atoms with Crippen molar-refractivity contribution >= 4 is 17.5 Å². The Kier molecular flexibility index (Phi) is 5.83. The van der Waals surface area contributed by atoms with Crippen molar-refractivity contribution < 1.29 is 22.8 Å². The Morgan fingerprint density at radius 2 is 1.78 bits per heavy atom. The summed E-state index contributed by atoms with van der Waals surface area (Å²) in [5.41, 5.74) is -1.85. The van der Waals surface area contributed by atoms with Crippen molar-refractivity contribution in [2.24, 2.45) is 13.0 Å². The maximum atomic E-state index is 13.1. The van der Waals surface area contributed by atoms with Gasteiger partial charge in [0, 0.05) is 32.0 Å². The van der Waals surface area contributed by atoms with Crippen LogP contribution in [0.4, 0.5) is 18.9 Å². The smallest absolute Gasteiger partial charge is 0.342 e. The van der Waals surface area contributed by atoms with Crippen LogP contribution in [-0.2, 0) is 29.4 Å². The first-order valence-corrected chi connectivity index (χ1v) is 10.5. The molecule has 1 saturated heterocycles. The van der Waals surface area contributed by atoms with Gasteiger partial charge in [0.2, 0.25) is 11.8 Å². The molecule has 0 spiro atoms. The maximum Gasteiger partial charge on any atom is 0.418 e. The van der Waals surface area contributed by atoms with Crippen LogP contribution in [0, 0.1) is 5.92 Å². The molecule has 1 aliphatic heterocycles. The summed E-state index contributed by atoms with van der Waals surface area (Å²) in [5, 5.41) is 6.51. The summed E-state index contributed by atoms with van der Waals surface area (Å²) in [6.45, 7) is 0.684. The van der Waals surface area contributed by atoms with E-state index in [-0.39, 0.29) is 23.4 Å². The molecule has 2 amide bonds. The van der Waals surface area contributed by atoms with Gasteiger partial charge in [0.1, 0.15) is 12.4 Å². The van der Waals surface area contributed by atoms with Crippen LogP contribution >= 0.6 is 0 Å². The second-order valence-electron chi connectivity index (χ2n) is 8.32. The summed E-state index contributed by atoms with van der Waals surface area (Å²) in [5.74, 6) is 0.0521. The minimum absolute atomic E-state index is 0.0359. The number of para-hydroxylation sites is 1. The fraction of sp³-hybridized carbons (Fsp3) is 0.524. The van der Waals surface area contributed by atoms with E-state index in [2.05, 4.69) is 10.4 Å². The number of anilines is 1. The lowest BCUT2D eigenvalue weighted by molar-refractivity contribution is -0.137. The highest BCUT2D eigenvalue weighted by atomic mass is 19.4. The highest BCUT2D eigenvalue weighted by molar-refractivity contribution is 5.91. The third kappa shape index (κ3) is 4.56. The lowest BCUT2D eigenvalue weighted by Gasteiger charge is -2.31. The molecule has 2 aromatic rings. The molecule has 2 aliphatic rings. The Hall–Kier alpha value is -3.11. The molecule has 0 unspecified atom stereocenters. The molecule has 1 aliphatic carbocycles. The molecular weight excluding hydrogens is 427 g/mol. The van der Waals surface area contributed by atoms with E-state index in [9.17, 15) is 27.6 Å². The number of carbonyl (C=O) groups excluding carboxylic acids is 2. The van der Waals surface area contributed by atoms with Gasteiger partial charge in [-0.1, -0.05) is 12.1 Å². The van der Waals surface area contributed by atoms with E-state index in [0.717, 1.165) is 29.7 Å². The topological polar surface area (TPSA) is 89.2 Å². The van der Waals surface area contributed by atoms with Gasteiger partial charge in [-0.3, -0.25) is 14.2 Å². The Balaban J connectivity index is 1.43. The number of hydrogen-bond donors (Lipinski definition) is 1. The van der Waals surface area contributed by atoms with Crippen LogP contribution in [0.5, 0.6) is 0 Å². The second-order valence-corrected chi connectivity index (χ2v) is 8.32. The van der Waals surface area contributed by atoms with E-state index in [0.29, 0.717) is 31.8 Å². The van der Waals surface area contributed by atoms with E-state index < -0.39 is 29.9 Å². The molecule has 172 valence electrons. The zero-order valence-electron chi connectivity index (χ0n) is 17.6. The molecular formula is C21H24F3N5O3. The van der Waals surface area contributed by atoms with E-state index in [1.54, 1.807) is 7.05 Å². The molecule has 1 saturated carbocycles. The van der Waals surface area contributed by atoms with Crippen molar-refractivity contribution in [1.82, 2.24) is 19.2 Å². The monoisotopic (exact) mass is 451 g/mol. The van der Waals surface area contributed by atoms with Crippen molar-refractivity contribution in [2.45, 2.75) is 44.3 Å². The number of piperidine rings is 1. The average molecular weight is 451 g/mol. The average Bonchev–Trinajstić information content (AvgIpc) is 3.56. The number of aromatic nitrogens is 3. The molecule has 1 aromatic heterocycles. The minimum atomic E-state index is -4.62. The number of amides is 2. The van der Waals surface area contributed by atoms with Crippen LogP contribution in [-0.4, -0.2) is 44.2 Å².